The summed E-state index contributed by atoms with van der Waals surface area (Å²) in [5.41, 5.74) is 0.725. The van der Waals surface area contributed by atoms with Crippen LogP contribution in [-0.4, -0.2) is 45.1 Å². The molecule has 4 amide bonds. The van der Waals surface area contributed by atoms with E-state index in [0.717, 1.165) is 34.3 Å². The summed E-state index contributed by atoms with van der Waals surface area (Å²) in [5.74, 6) is -2.06. The standard InChI is InChI=1S/C14H8N4O4/c19-11-5-6-12(20)17(11)15-9-1-2-10(4-3-9)16-18-13(21)7-8-14(18)22/h1-8H. The molecule has 0 aromatic carbocycles. The molecule has 22 heavy (non-hydrogen) atoms. The highest BCUT2D eigenvalue weighted by atomic mass is 16.2. The van der Waals surface area contributed by atoms with E-state index in [2.05, 4.69) is 10.2 Å². The van der Waals surface area contributed by atoms with Crippen molar-refractivity contribution >= 4 is 35.1 Å². The van der Waals surface area contributed by atoms with Gasteiger partial charge in [0.1, 0.15) is 0 Å². The third kappa shape index (κ3) is 2.44. The Morgan fingerprint density at radius 1 is 0.500 bits per heavy atom. The maximum absolute atomic E-state index is 11.4. The Morgan fingerprint density at radius 2 is 0.773 bits per heavy atom. The molecule has 8 nitrogen and oxygen atoms in total. The van der Waals surface area contributed by atoms with E-state index in [1.54, 1.807) is 0 Å². The average molecular weight is 296 g/mol. The molecule has 0 saturated carbocycles. The molecule has 1 aliphatic carbocycles. The van der Waals surface area contributed by atoms with Crippen LogP contribution < -0.4 is 0 Å². The number of imide groups is 2. The van der Waals surface area contributed by atoms with Crippen LogP contribution in [0, 0.1) is 0 Å². The van der Waals surface area contributed by atoms with E-state index in [1.165, 1.54) is 24.3 Å². The summed E-state index contributed by atoms with van der Waals surface area (Å²) in [5, 5.41) is 9.27. The van der Waals surface area contributed by atoms with Gasteiger partial charge in [0.2, 0.25) is 0 Å². The van der Waals surface area contributed by atoms with E-state index in [-0.39, 0.29) is 0 Å². The van der Waals surface area contributed by atoms with E-state index >= 15 is 0 Å². The zero-order valence-electron chi connectivity index (χ0n) is 11.0. The van der Waals surface area contributed by atoms with E-state index in [4.69, 9.17) is 0 Å². The molecule has 2 aliphatic heterocycles. The first-order valence-electron chi connectivity index (χ1n) is 6.20. The lowest BCUT2D eigenvalue weighted by Crippen LogP contribution is -2.26. The number of nitrogens with zero attached hydrogens (tertiary/aromatic N) is 4. The van der Waals surface area contributed by atoms with Gasteiger partial charge < -0.3 is 0 Å². The first kappa shape index (κ1) is 13.6. The van der Waals surface area contributed by atoms with Crippen molar-refractivity contribution in [1.29, 1.82) is 0 Å². The van der Waals surface area contributed by atoms with Crippen molar-refractivity contribution in [2.24, 2.45) is 10.2 Å². The second kappa shape index (κ2) is 5.17. The molecule has 0 spiro atoms. The molecule has 0 radical (unpaired) electrons. The van der Waals surface area contributed by atoms with E-state index in [1.807, 2.05) is 0 Å². The van der Waals surface area contributed by atoms with Gasteiger partial charge in [-0.05, 0) is 24.3 Å². The lowest BCUT2D eigenvalue weighted by Gasteiger charge is -2.10. The van der Waals surface area contributed by atoms with Gasteiger partial charge in [0, 0.05) is 24.3 Å². The van der Waals surface area contributed by atoms with Crippen molar-refractivity contribution in [2.45, 2.75) is 0 Å². The SMILES string of the molecule is O=C1C=CC(=O)N1N=C1C=CC(=NN2C(=O)C=CC2=O)C=C1. The Balaban J connectivity index is 1.75. The van der Waals surface area contributed by atoms with Gasteiger partial charge in [-0.25, -0.2) is 0 Å². The molecule has 2 heterocycles. The summed E-state index contributed by atoms with van der Waals surface area (Å²) in [4.78, 5) is 45.5. The number of amides is 4. The molecule has 0 fully saturated rings. The first-order valence-corrected chi connectivity index (χ1v) is 6.20. The van der Waals surface area contributed by atoms with Gasteiger partial charge in [-0.1, -0.05) is 0 Å². The fourth-order valence-corrected chi connectivity index (χ4v) is 1.80. The predicted molar refractivity (Wildman–Crippen MR) is 75.1 cm³/mol. The van der Waals surface area contributed by atoms with E-state index in [0.29, 0.717) is 11.4 Å². The van der Waals surface area contributed by atoms with E-state index in [9.17, 15) is 19.2 Å². The summed E-state index contributed by atoms with van der Waals surface area (Å²) in [6.07, 6.45) is 10.6. The van der Waals surface area contributed by atoms with Crippen molar-refractivity contribution in [3.63, 3.8) is 0 Å². The summed E-state index contributed by atoms with van der Waals surface area (Å²) in [6, 6.07) is 0. The molecule has 8 heteroatoms. The predicted octanol–water partition coefficient (Wildman–Crippen LogP) is -0.326. The number of hydrazone groups is 2. The maximum atomic E-state index is 11.4. The lowest BCUT2D eigenvalue weighted by atomic mass is 10.1. The monoisotopic (exact) mass is 296 g/mol. The van der Waals surface area contributed by atoms with Crippen molar-refractivity contribution in [1.82, 2.24) is 10.0 Å². The van der Waals surface area contributed by atoms with Gasteiger partial charge >= 0.3 is 0 Å². The number of carbonyl (C=O) groups is 4. The quantitative estimate of drug-likeness (QED) is 0.514. The molecule has 0 unspecified atom stereocenters. The highest BCUT2D eigenvalue weighted by molar-refractivity contribution is 6.21. The topological polar surface area (TPSA) is 99.5 Å². The molecule has 0 bridgehead atoms. The van der Waals surface area contributed by atoms with Gasteiger partial charge in [-0.2, -0.15) is 20.2 Å². The fourth-order valence-electron chi connectivity index (χ4n) is 1.80. The van der Waals surface area contributed by atoms with Gasteiger partial charge in [0.25, 0.3) is 23.6 Å². The van der Waals surface area contributed by atoms with Crippen molar-refractivity contribution < 1.29 is 19.2 Å². The lowest BCUT2D eigenvalue weighted by molar-refractivity contribution is -0.138. The smallest absolute Gasteiger partial charge is 0.267 e. The Hall–Kier alpha value is -3.42. The largest absolute Gasteiger partial charge is 0.274 e. The molecule has 0 N–H and O–H groups in total. The average Bonchev–Trinajstić information content (AvgIpc) is 2.99. The number of rotatable bonds is 2. The van der Waals surface area contributed by atoms with Crippen LogP contribution in [0.25, 0.3) is 0 Å². The Morgan fingerprint density at radius 3 is 1.05 bits per heavy atom. The van der Waals surface area contributed by atoms with Crippen LogP contribution in [0.5, 0.6) is 0 Å². The Bertz CT molecular complexity index is 665. The summed E-state index contributed by atoms with van der Waals surface area (Å²) in [7, 11) is 0. The molecule has 0 atom stereocenters. The van der Waals surface area contributed by atoms with Crippen LogP contribution in [0.15, 0.2) is 58.8 Å². The summed E-state index contributed by atoms with van der Waals surface area (Å²) < 4.78 is 0. The van der Waals surface area contributed by atoms with Crippen molar-refractivity contribution in [3.8, 4) is 0 Å². The third-order valence-corrected chi connectivity index (χ3v) is 2.85. The molecule has 108 valence electrons. The highest BCUT2D eigenvalue weighted by Gasteiger charge is 2.24. The minimum Gasteiger partial charge on any atom is -0.267 e. The Labute approximate surface area is 124 Å². The minimum absolute atomic E-state index is 0.363. The molecular weight excluding hydrogens is 288 g/mol. The van der Waals surface area contributed by atoms with Gasteiger partial charge in [0.15, 0.2) is 0 Å². The number of hydrogen-bond donors (Lipinski definition) is 0. The highest BCUT2D eigenvalue weighted by Crippen LogP contribution is 2.09. The van der Waals surface area contributed by atoms with Crippen molar-refractivity contribution in [3.05, 3.63) is 48.6 Å². The fraction of sp³-hybridized carbons (Fsp3) is 0. The molecule has 3 rings (SSSR count). The summed E-state index contributed by atoms with van der Waals surface area (Å²) in [6.45, 7) is 0. The zero-order chi connectivity index (χ0) is 15.7. The van der Waals surface area contributed by atoms with E-state index < -0.39 is 23.6 Å². The second-order valence-corrected chi connectivity index (χ2v) is 4.36. The van der Waals surface area contributed by atoms with Crippen LogP contribution in [0.3, 0.4) is 0 Å². The van der Waals surface area contributed by atoms with Crippen LogP contribution >= 0.6 is 0 Å². The van der Waals surface area contributed by atoms with Crippen LogP contribution in [0.2, 0.25) is 0 Å². The number of hydrogen-bond acceptors (Lipinski definition) is 6. The minimum atomic E-state index is -0.516. The zero-order valence-corrected chi connectivity index (χ0v) is 11.0. The molecule has 0 saturated heterocycles. The van der Waals surface area contributed by atoms with Crippen LogP contribution in [0.1, 0.15) is 0 Å². The normalized spacial score (nSPS) is 20.0. The molecular formula is C14H8N4O4. The van der Waals surface area contributed by atoms with Gasteiger partial charge in [-0.15, -0.1) is 0 Å². The molecule has 0 aromatic heterocycles. The van der Waals surface area contributed by atoms with Crippen LogP contribution in [0.4, 0.5) is 0 Å². The van der Waals surface area contributed by atoms with Crippen molar-refractivity contribution in [2.75, 3.05) is 0 Å². The number of allylic oxidation sites excluding steroid dienone is 4. The maximum Gasteiger partial charge on any atom is 0.274 e. The van der Waals surface area contributed by atoms with Crippen LogP contribution in [-0.2, 0) is 19.2 Å². The Kier molecular flexibility index (Phi) is 3.18. The van der Waals surface area contributed by atoms with Gasteiger partial charge in [-0.3, -0.25) is 19.2 Å². The number of carbonyl (C=O) groups excluding carboxylic acids is 4. The second-order valence-electron chi connectivity index (χ2n) is 4.36. The third-order valence-electron chi connectivity index (χ3n) is 2.85. The summed E-state index contributed by atoms with van der Waals surface area (Å²) >= 11 is 0. The molecule has 3 aliphatic rings. The van der Waals surface area contributed by atoms with Gasteiger partial charge in [0.05, 0.1) is 11.4 Å². The first-order chi connectivity index (χ1) is 10.5. The molecule has 0 aromatic rings.